The average molecular weight is 857 g/mol. The van der Waals surface area contributed by atoms with Gasteiger partial charge in [-0.3, -0.25) is 4.90 Å². The number of thiazole rings is 2. The van der Waals surface area contributed by atoms with Gasteiger partial charge < -0.3 is 5.32 Å². The summed E-state index contributed by atoms with van der Waals surface area (Å²) >= 11 is 3.16. The van der Waals surface area contributed by atoms with Crippen molar-refractivity contribution in [2.24, 2.45) is 10.2 Å². The van der Waals surface area contributed by atoms with E-state index in [1.807, 2.05) is 30.3 Å². The molecule has 4 aromatic heterocycles. The second-order valence-corrected chi connectivity index (χ2v) is 18.7. The maximum atomic E-state index is 8.39. The van der Waals surface area contributed by atoms with Gasteiger partial charge in [0.1, 0.15) is 11.5 Å². The first-order valence-electron chi connectivity index (χ1n) is 21.3. The van der Waals surface area contributed by atoms with Gasteiger partial charge in [-0.2, -0.15) is 9.78 Å². The summed E-state index contributed by atoms with van der Waals surface area (Å²) in [7, 11) is 0. The maximum absolute atomic E-state index is 8.39. The molecule has 0 fully saturated rings. The zero-order chi connectivity index (χ0) is 43.9. The highest BCUT2D eigenvalue weighted by Gasteiger charge is 2.30. The zero-order valence-corrected chi connectivity index (χ0v) is 38.8. The molecule has 0 aliphatic heterocycles. The molecule has 314 valence electrons. The van der Waals surface area contributed by atoms with Crippen LogP contribution in [0.3, 0.4) is 0 Å². The first-order valence-corrected chi connectivity index (χ1v) is 23.0. The molecule has 8 rings (SSSR count). The van der Waals surface area contributed by atoms with E-state index < -0.39 is 5.41 Å². The van der Waals surface area contributed by atoms with Crippen molar-refractivity contribution in [1.82, 2.24) is 24.7 Å². The van der Waals surface area contributed by atoms with Crippen LogP contribution in [0.2, 0.25) is 0 Å². The molecule has 0 bridgehead atoms. The van der Waals surface area contributed by atoms with Crippen molar-refractivity contribution in [3.63, 3.8) is 0 Å². The molecular weight excluding hydrogens is 805 g/mol. The van der Waals surface area contributed by atoms with Crippen molar-refractivity contribution in [1.29, 1.82) is 0 Å². The number of para-hydroxylation sites is 2. The average Bonchev–Trinajstić information content (AvgIpc) is 3.99. The summed E-state index contributed by atoms with van der Waals surface area (Å²) in [5.41, 5.74) is 13.1. The number of aromatic nitrogens is 5. The van der Waals surface area contributed by atoms with E-state index in [0.717, 1.165) is 74.0 Å². The van der Waals surface area contributed by atoms with Crippen molar-refractivity contribution >= 4 is 88.4 Å². The second-order valence-electron chi connectivity index (χ2n) is 16.7. The number of anilines is 5. The van der Waals surface area contributed by atoms with E-state index in [1.165, 1.54) is 44.7 Å². The minimum absolute atomic E-state index is 0.327. The van der Waals surface area contributed by atoms with Gasteiger partial charge in [0, 0.05) is 5.69 Å². The quantitative estimate of drug-likeness (QED) is 0.0970. The van der Waals surface area contributed by atoms with E-state index in [9.17, 15) is 0 Å². The van der Waals surface area contributed by atoms with E-state index in [4.69, 9.17) is 36.9 Å². The Kier molecular flexibility index (Phi) is 11.8. The Balaban J connectivity index is 1.39. The van der Waals surface area contributed by atoms with Crippen LogP contribution in [-0.4, -0.2) is 24.7 Å². The molecule has 0 aliphatic rings. The number of nitrogens with zero attached hydrogens (tertiary/aromatic N) is 9. The molecule has 0 spiro atoms. The fourth-order valence-electron chi connectivity index (χ4n) is 8.06. The second kappa shape index (κ2) is 17.2. The van der Waals surface area contributed by atoms with E-state index >= 15 is 0 Å². The van der Waals surface area contributed by atoms with Gasteiger partial charge in [-0.1, -0.05) is 131 Å². The first kappa shape index (κ1) is 42.4. The summed E-state index contributed by atoms with van der Waals surface area (Å²) in [5, 5.41) is 20.3. The molecule has 0 amide bonds. The third-order valence-corrected chi connectivity index (χ3v) is 13.1. The Hall–Kier alpha value is -6.29. The molecule has 0 radical (unpaired) electrons. The Morgan fingerprint density at radius 3 is 1.84 bits per heavy atom. The highest BCUT2D eigenvalue weighted by atomic mass is 32.1. The highest BCUT2D eigenvalue weighted by Crippen LogP contribution is 2.47. The minimum atomic E-state index is -0.439. The number of rotatable bonds is 12. The van der Waals surface area contributed by atoms with Gasteiger partial charge in [-0.15, -0.1) is 10.2 Å². The number of benzene rings is 4. The molecular formula is C50H52N10S2. The van der Waals surface area contributed by atoms with Crippen LogP contribution in [0.15, 0.2) is 89.1 Å². The number of aryl methyl sites for hydroxylation is 7. The Morgan fingerprint density at radius 2 is 1.29 bits per heavy atom. The third-order valence-electron chi connectivity index (χ3n) is 11.1. The van der Waals surface area contributed by atoms with Crippen LogP contribution in [0.4, 0.5) is 45.3 Å². The zero-order valence-electron chi connectivity index (χ0n) is 37.2. The number of azo groups is 1. The first-order chi connectivity index (χ1) is 29.8. The SMILES string of the molecule is [C-]#[N+]c1c(C(C)(C)C)nn(-c2nc3ccccc3s2)c1/N=N/c1c(C)cc(N(c2nc3ccccc3s2)c2c(CC)cc(C)cc2CC)nc1Nc1c(CC)cc(C)cc1CC. The van der Waals surface area contributed by atoms with Crippen molar-refractivity contribution in [3.05, 3.63) is 135 Å². The molecule has 62 heavy (non-hydrogen) atoms. The summed E-state index contributed by atoms with van der Waals surface area (Å²) in [5.74, 6) is 1.60. The molecule has 10 nitrogen and oxygen atoms in total. The topological polar surface area (TPSA) is 101 Å². The van der Waals surface area contributed by atoms with E-state index in [2.05, 4.69) is 133 Å². The fraction of sp³-hybridized carbons (Fsp3) is 0.300. The van der Waals surface area contributed by atoms with Crippen molar-refractivity contribution in [2.75, 3.05) is 10.2 Å². The van der Waals surface area contributed by atoms with Crippen LogP contribution in [0.25, 0.3) is 30.4 Å². The lowest BCUT2D eigenvalue weighted by Gasteiger charge is -2.28. The smallest absolute Gasteiger partial charge is 0.255 e. The predicted molar refractivity (Wildman–Crippen MR) is 259 cm³/mol. The monoisotopic (exact) mass is 856 g/mol. The molecule has 1 N–H and O–H groups in total. The Labute approximate surface area is 372 Å². The number of hydrogen-bond donors (Lipinski definition) is 1. The summed E-state index contributed by atoms with van der Waals surface area (Å²) < 4.78 is 3.80. The van der Waals surface area contributed by atoms with Crippen molar-refractivity contribution in [2.45, 2.75) is 100 Å². The van der Waals surface area contributed by atoms with Crippen molar-refractivity contribution in [3.8, 4) is 5.13 Å². The molecule has 12 heteroatoms. The highest BCUT2D eigenvalue weighted by molar-refractivity contribution is 7.22. The fourth-order valence-corrected chi connectivity index (χ4v) is 9.96. The number of fused-ring (bicyclic) bond motifs is 2. The van der Waals surface area contributed by atoms with Crippen LogP contribution < -0.4 is 10.2 Å². The third kappa shape index (κ3) is 7.98. The van der Waals surface area contributed by atoms with Gasteiger partial charge in [0.05, 0.1) is 38.4 Å². The summed E-state index contributed by atoms with van der Waals surface area (Å²) in [6, 6.07) is 27.4. The van der Waals surface area contributed by atoms with Gasteiger partial charge in [-0.05, 0) is 110 Å². The maximum Gasteiger partial charge on any atom is 0.255 e. The van der Waals surface area contributed by atoms with E-state index in [1.54, 1.807) is 16.0 Å². The number of nitrogens with one attached hydrogen (secondary N) is 1. The molecule has 4 heterocycles. The largest absolute Gasteiger partial charge is 0.338 e. The van der Waals surface area contributed by atoms with Crippen LogP contribution in [0, 0.1) is 27.3 Å². The Bertz CT molecular complexity index is 2930. The molecule has 0 unspecified atom stereocenters. The molecule has 0 saturated carbocycles. The molecule has 0 atom stereocenters. The van der Waals surface area contributed by atoms with E-state index in [-0.39, 0.29) is 0 Å². The summed E-state index contributed by atoms with van der Waals surface area (Å²) in [4.78, 5) is 22.0. The normalized spacial score (nSPS) is 11.9. The standard InChI is InChI=1S/C50H52N10S2/c1-12-32-24-29(5)25-33(13-2)42(32)55-46-41(56-57-47-43(51-11)45(50(8,9)10)58-60(47)49-53-37-21-17-19-23-39(37)62-49)31(7)28-40(54-46)59(48-52-36-20-16-18-22-38(36)61-48)44-34(14-3)26-30(6)27-35(44)15-4/h16-28H,12-15H2,1-10H3,(H,54,55)/b57-56+. The predicted octanol–water partition coefficient (Wildman–Crippen LogP) is 15.1. The summed E-state index contributed by atoms with van der Waals surface area (Å²) in [6.45, 7) is 29.7. The van der Waals surface area contributed by atoms with Gasteiger partial charge >= 0.3 is 0 Å². The lowest BCUT2D eigenvalue weighted by atomic mass is 9.91. The van der Waals surface area contributed by atoms with E-state index in [0.29, 0.717) is 33.8 Å². The molecule has 0 aliphatic carbocycles. The lowest BCUT2D eigenvalue weighted by molar-refractivity contribution is 0.562. The summed E-state index contributed by atoms with van der Waals surface area (Å²) in [6.07, 6.45) is 3.35. The minimum Gasteiger partial charge on any atom is -0.338 e. The van der Waals surface area contributed by atoms with Crippen LogP contribution in [-0.2, 0) is 31.1 Å². The lowest BCUT2D eigenvalue weighted by Crippen LogP contribution is -2.17. The molecule has 0 saturated heterocycles. The van der Waals surface area contributed by atoms with Crippen LogP contribution in [0.1, 0.15) is 93.1 Å². The van der Waals surface area contributed by atoms with Gasteiger partial charge in [0.25, 0.3) is 5.69 Å². The van der Waals surface area contributed by atoms with Crippen LogP contribution >= 0.6 is 22.7 Å². The number of pyridine rings is 1. The molecule has 8 aromatic rings. The number of hydrogen-bond acceptors (Lipinski definition) is 10. The van der Waals surface area contributed by atoms with Gasteiger partial charge in [0.2, 0.25) is 5.13 Å². The van der Waals surface area contributed by atoms with Crippen molar-refractivity contribution < 1.29 is 0 Å². The van der Waals surface area contributed by atoms with Gasteiger partial charge in [-0.25, -0.2) is 19.8 Å². The Morgan fingerprint density at radius 1 is 0.726 bits per heavy atom. The van der Waals surface area contributed by atoms with Gasteiger partial charge in [0.15, 0.2) is 16.8 Å². The molecule has 4 aromatic carbocycles. The van der Waals surface area contributed by atoms with Crippen LogP contribution in [0.5, 0.6) is 0 Å².